The first-order chi connectivity index (χ1) is 14.3. The van der Waals surface area contributed by atoms with Crippen molar-refractivity contribution in [1.29, 1.82) is 0 Å². The first-order valence-electron chi connectivity index (χ1n) is 10.7. The highest BCUT2D eigenvalue weighted by Gasteiger charge is 2.35. The molecule has 2 fully saturated rings. The van der Waals surface area contributed by atoms with Crippen LogP contribution in [0.25, 0.3) is 0 Å². The number of amides is 2. The van der Waals surface area contributed by atoms with Crippen molar-refractivity contribution in [3.8, 4) is 0 Å². The largest absolute Gasteiger partial charge is 0.342 e. The zero-order valence-electron chi connectivity index (χ0n) is 17.5. The fourth-order valence-electron chi connectivity index (χ4n) is 4.49. The van der Waals surface area contributed by atoms with Gasteiger partial charge in [-0.2, -0.15) is 4.31 Å². The summed E-state index contributed by atoms with van der Waals surface area (Å²) in [4.78, 5) is 27.8. The second-order valence-corrected chi connectivity index (χ2v) is 11.9. The van der Waals surface area contributed by atoms with Crippen molar-refractivity contribution < 1.29 is 18.0 Å². The predicted octanol–water partition coefficient (Wildman–Crippen LogP) is 2.78. The number of rotatable bonds is 3. The van der Waals surface area contributed by atoms with E-state index in [0.717, 1.165) is 24.4 Å². The topological polar surface area (TPSA) is 86.8 Å². The molecule has 1 N–H and O–H groups in total. The van der Waals surface area contributed by atoms with Crippen LogP contribution in [0.5, 0.6) is 0 Å². The lowest BCUT2D eigenvalue weighted by atomic mass is 9.93. The summed E-state index contributed by atoms with van der Waals surface area (Å²) >= 11 is 1.43. The zero-order chi connectivity index (χ0) is 21.5. The Morgan fingerprint density at radius 3 is 2.57 bits per heavy atom. The molecule has 2 amide bonds. The Bertz CT molecular complexity index is 942. The minimum atomic E-state index is -3.66. The summed E-state index contributed by atoms with van der Waals surface area (Å²) in [5, 5.41) is 2.60. The van der Waals surface area contributed by atoms with Gasteiger partial charge in [0, 0.05) is 37.0 Å². The predicted molar refractivity (Wildman–Crippen MR) is 117 cm³/mol. The van der Waals surface area contributed by atoms with Gasteiger partial charge in [0.15, 0.2) is 0 Å². The van der Waals surface area contributed by atoms with Crippen LogP contribution in [-0.4, -0.2) is 60.9 Å². The molecule has 164 valence electrons. The Hall–Kier alpha value is -1.58. The van der Waals surface area contributed by atoms with E-state index in [1.165, 1.54) is 22.5 Å². The van der Waals surface area contributed by atoms with Gasteiger partial charge in [-0.15, -0.1) is 11.8 Å². The second-order valence-electron chi connectivity index (χ2n) is 8.62. The van der Waals surface area contributed by atoms with Gasteiger partial charge in [0.2, 0.25) is 21.8 Å². The van der Waals surface area contributed by atoms with Gasteiger partial charge in [0.1, 0.15) is 0 Å². The zero-order valence-corrected chi connectivity index (χ0v) is 19.1. The van der Waals surface area contributed by atoms with E-state index in [-0.39, 0.29) is 27.9 Å². The van der Waals surface area contributed by atoms with E-state index < -0.39 is 10.0 Å². The molecular weight excluding hydrogens is 422 g/mol. The number of nitrogens with one attached hydrogen (secondary N) is 1. The molecule has 2 atom stereocenters. The first-order valence-corrected chi connectivity index (χ1v) is 13.0. The van der Waals surface area contributed by atoms with Crippen LogP contribution in [0.1, 0.15) is 39.5 Å². The fourth-order valence-corrected chi connectivity index (χ4v) is 6.92. The summed E-state index contributed by atoms with van der Waals surface area (Å²) in [5.41, 5.74) is 0.549. The van der Waals surface area contributed by atoms with Crippen molar-refractivity contribution in [2.45, 2.75) is 54.6 Å². The summed E-state index contributed by atoms with van der Waals surface area (Å²) in [7, 11) is -3.66. The Kier molecular flexibility index (Phi) is 6.14. The Balaban J connectivity index is 1.42. The number of sulfonamides is 1. The molecule has 1 aromatic carbocycles. The first kappa shape index (κ1) is 21.6. The van der Waals surface area contributed by atoms with Crippen LogP contribution >= 0.6 is 11.8 Å². The fraction of sp³-hybridized carbons (Fsp3) is 0.619. The number of benzene rings is 1. The van der Waals surface area contributed by atoms with Gasteiger partial charge in [0.05, 0.1) is 15.8 Å². The van der Waals surface area contributed by atoms with E-state index in [1.54, 1.807) is 18.2 Å². The van der Waals surface area contributed by atoms with Crippen molar-refractivity contribution in [2.24, 2.45) is 11.8 Å². The molecule has 3 aliphatic rings. The highest BCUT2D eigenvalue weighted by Crippen LogP contribution is 2.37. The third-order valence-electron chi connectivity index (χ3n) is 6.29. The van der Waals surface area contributed by atoms with Crippen molar-refractivity contribution in [3.63, 3.8) is 0 Å². The van der Waals surface area contributed by atoms with Crippen LogP contribution in [0.2, 0.25) is 0 Å². The van der Waals surface area contributed by atoms with Crippen LogP contribution in [0, 0.1) is 11.8 Å². The number of hydrogen-bond acceptors (Lipinski definition) is 5. The lowest BCUT2D eigenvalue weighted by molar-refractivity contribution is -0.138. The van der Waals surface area contributed by atoms with Crippen molar-refractivity contribution >= 4 is 39.3 Å². The van der Waals surface area contributed by atoms with Gasteiger partial charge in [0.25, 0.3) is 0 Å². The molecular formula is C21H29N3O4S2. The maximum Gasteiger partial charge on any atom is 0.243 e. The van der Waals surface area contributed by atoms with E-state index in [9.17, 15) is 18.0 Å². The molecule has 0 bridgehead atoms. The highest BCUT2D eigenvalue weighted by molar-refractivity contribution is 8.01. The summed E-state index contributed by atoms with van der Waals surface area (Å²) < 4.78 is 27.8. The molecule has 7 nitrogen and oxygen atoms in total. The smallest absolute Gasteiger partial charge is 0.243 e. The van der Waals surface area contributed by atoms with E-state index in [2.05, 4.69) is 12.2 Å². The number of fused-ring (bicyclic) bond motifs is 1. The molecule has 0 radical (unpaired) electrons. The van der Waals surface area contributed by atoms with Crippen LogP contribution in [-0.2, 0) is 19.6 Å². The third-order valence-corrected chi connectivity index (χ3v) is 9.36. The van der Waals surface area contributed by atoms with Crippen LogP contribution in [0.15, 0.2) is 28.0 Å². The Labute approximate surface area is 182 Å². The van der Waals surface area contributed by atoms with Gasteiger partial charge in [-0.3, -0.25) is 9.59 Å². The van der Waals surface area contributed by atoms with Crippen LogP contribution in [0.3, 0.4) is 0 Å². The molecule has 0 aromatic heterocycles. The molecule has 0 aliphatic carbocycles. The minimum Gasteiger partial charge on any atom is -0.342 e. The third kappa shape index (κ3) is 4.24. The van der Waals surface area contributed by atoms with Gasteiger partial charge < -0.3 is 10.2 Å². The van der Waals surface area contributed by atoms with Gasteiger partial charge in [-0.05, 0) is 56.7 Å². The SMILES string of the molecule is CC1CCCN(C(=O)C2CCN(S(=O)(=O)c3ccc4c(c3)NC(=O)C(C)S4)CC2)C1. The lowest BCUT2D eigenvalue weighted by Crippen LogP contribution is -2.46. The molecule has 3 heterocycles. The molecule has 4 rings (SSSR count). The summed E-state index contributed by atoms with van der Waals surface area (Å²) in [6, 6.07) is 4.92. The Morgan fingerprint density at radius 2 is 1.87 bits per heavy atom. The summed E-state index contributed by atoms with van der Waals surface area (Å²) in [5.74, 6) is 0.505. The highest BCUT2D eigenvalue weighted by atomic mass is 32.2. The van der Waals surface area contributed by atoms with Gasteiger partial charge >= 0.3 is 0 Å². The molecule has 30 heavy (non-hydrogen) atoms. The van der Waals surface area contributed by atoms with E-state index in [1.807, 2.05) is 11.8 Å². The standard InChI is InChI=1S/C21H29N3O4S2/c1-14-4-3-9-23(13-14)21(26)16-7-10-24(11-8-16)30(27,28)17-5-6-19-18(12-17)22-20(25)15(2)29-19/h5-6,12,14-16H,3-4,7-11,13H2,1-2H3,(H,22,25). The lowest BCUT2D eigenvalue weighted by Gasteiger charge is -2.36. The average Bonchev–Trinajstić information content (AvgIpc) is 2.74. The number of piperidine rings is 2. The molecule has 0 saturated carbocycles. The van der Waals surface area contributed by atoms with E-state index in [4.69, 9.17) is 0 Å². The average molecular weight is 452 g/mol. The second kappa shape index (κ2) is 8.51. The number of carbonyl (C=O) groups is 2. The summed E-state index contributed by atoms with van der Waals surface area (Å²) in [6.45, 7) is 6.32. The van der Waals surface area contributed by atoms with Gasteiger partial charge in [-0.25, -0.2) is 8.42 Å². The number of hydrogen-bond donors (Lipinski definition) is 1. The van der Waals surface area contributed by atoms with Crippen molar-refractivity contribution in [3.05, 3.63) is 18.2 Å². The number of anilines is 1. The summed E-state index contributed by atoms with van der Waals surface area (Å²) in [6.07, 6.45) is 3.32. The molecule has 2 unspecified atom stereocenters. The molecule has 9 heteroatoms. The van der Waals surface area contributed by atoms with Crippen LogP contribution < -0.4 is 5.32 Å². The van der Waals surface area contributed by atoms with Gasteiger partial charge in [-0.1, -0.05) is 6.92 Å². The quantitative estimate of drug-likeness (QED) is 0.764. The normalized spacial score (nSPS) is 26.2. The maximum absolute atomic E-state index is 13.2. The van der Waals surface area contributed by atoms with Crippen molar-refractivity contribution in [1.82, 2.24) is 9.21 Å². The van der Waals surface area contributed by atoms with Crippen LogP contribution in [0.4, 0.5) is 5.69 Å². The van der Waals surface area contributed by atoms with E-state index >= 15 is 0 Å². The molecule has 3 aliphatic heterocycles. The number of nitrogens with zero attached hydrogens (tertiary/aromatic N) is 2. The monoisotopic (exact) mass is 451 g/mol. The van der Waals surface area contributed by atoms with Crippen molar-refractivity contribution in [2.75, 3.05) is 31.5 Å². The molecule has 1 aromatic rings. The molecule has 2 saturated heterocycles. The number of thioether (sulfide) groups is 1. The molecule has 0 spiro atoms. The Morgan fingerprint density at radius 1 is 1.13 bits per heavy atom. The minimum absolute atomic E-state index is 0.0949. The maximum atomic E-state index is 13.2. The number of likely N-dealkylation sites (tertiary alicyclic amines) is 1. The number of carbonyl (C=O) groups excluding carboxylic acids is 2. The van der Waals surface area contributed by atoms with E-state index in [0.29, 0.717) is 37.5 Å².